The molecule has 0 spiro atoms. The number of hydrogen-bond acceptors (Lipinski definition) is 4. The van der Waals surface area contributed by atoms with Crippen LogP contribution >= 0.6 is 0 Å². The van der Waals surface area contributed by atoms with E-state index >= 15 is 0 Å². The lowest BCUT2D eigenvalue weighted by molar-refractivity contribution is -0.130. The topological polar surface area (TPSA) is 79.0 Å². The van der Waals surface area contributed by atoms with Crippen LogP contribution in [0.2, 0.25) is 0 Å². The van der Waals surface area contributed by atoms with Gasteiger partial charge in [0, 0.05) is 38.1 Å². The minimum atomic E-state index is -0.498. The van der Waals surface area contributed by atoms with Gasteiger partial charge in [-0.3, -0.25) is 9.59 Å². The van der Waals surface area contributed by atoms with Gasteiger partial charge >= 0.3 is 6.09 Å². The highest BCUT2D eigenvalue weighted by Crippen LogP contribution is 2.29. The molecule has 7 nitrogen and oxygen atoms in total. The van der Waals surface area contributed by atoms with Crippen molar-refractivity contribution in [3.05, 3.63) is 0 Å². The van der Waals surface area contributed by atoms with Gasteiger partial charge in [-0.15, -0.1) is 0 Å². The average molecular weight is 380 g/mol. The molecule has 2 aliphatic heterocycles. The van der Waals surface area contributed by atoms with E-state index in [2.05, 4.69) is 5.32 Å². The van der Waals surface area contributed by atoms with Crippen molar-refractivity contribution < 1.29 is 19.1 Å². The maximum absolute atomic E-state index is 12.6. The molecule has 0 aromatic rings. The molecular weight excluding hydrogens is 346 g/mol. The van der Waals surface area contributed by atoms with Crippen LogP contribution in [0, 0.1) is 5.92 Å². The first-order chi connectivity index (χ1) is 12.7. The Bertz CT molecular complexity index is 572. The molecule has 3 rings (SSSR count). The van der Waals surface area contributed by atoms with Crippen LogP contribution in [0.1, 0.15) is 65.7 Å². The SMILES string of the molecule is CC(C)(C)OC(=O)N1CCC(NC(=O)C2CC(=O)N(C3CCCC3)C2)CC1. The van der Waals surface area contributed by atoms with Crippen LogP contribution in [0.25, 0.3) is 0 Å². The monoisotopic (exact) mass is 379 g/mol. The fraction of sp³-hybridized carbons (Fsp3) is 0.850. The molecule has 1 N–H and O–H groups in total. The van der Waals surface area contributed by atoms with E-state index in [1.54, 1.807) is 4.90 Å². The summed E-state index contributed by atoms with van der Waals surface area (Å²) in [6.45, 7) is 7.29. The third-order valence-corrected chi connectivity index (χ3v) is 5.79. The van der Waals surface area contributed by atoms with E-state index < -0.39 is 5.60 Å². The van der Waals surface area contributed by atoms with Gasteiger partial charge < -0.3 is 19.9 Å². The van der Waals surface area contributed by atoms with E-state index in [1.807, 2.05) is 25.7 Å². The standard InChI is InChI=1S/C20H33N3O4/c1-20(2,3)27-19(26)22-10-8-15(9-11-22)21-18(25)14-12-17(24)23(13-14)16-6-4-5-7-16/h14-16H,4-13H2,1-3H3,(H,21,25). The number of carbonyl (C=O) groups is 3. The van der Waals surface area contributed by atoms with Crippen molar-refractivity contribution in [2.75, 3.05) is 19.6 Å². The molecule has 27 heavy (non-hydrogen) atoms. The van der Waals surface area contributed by atoms with Gasteiger partial charge in [-0.2, -0.15) is 0 Å². The lowest BCUT2D eigenvalue weighted by Gasteiger charge is -2.34. The summed E-state index contributed by atoms with van der Waals surface area (Å²) in [5.41, 5.74) is -0.498. The number of carbonyl (C=O) groups excluding carboxylic acids is 3. The van der Waals surface area contributed by atoms with Gasteiger partial charge in [-0.25, -0.2) is 4.79 Å². The van der Waals surface area contributed by atoms with Crippen molar-refractivity contribution in [3.8, 4) is 0 Å². The number of piperidine rings is 1. The highest BCUT2D eigenvalue weighted by Gasteiger charge is 2.39. The van der Waals surface area contributed by atoms with Crippen LogP contribution in [-0.2, 0) is 14.3 Å². The Morgan fingerprint density at radius 3 is 2.30 bits per heavy atom. The molecule has 0 aromatic heterocycles. The predicted molar refractivity (Wildman–Crippen MR) is 101 cm³/mol. The maximum atomic E-state index is 12.6. The van der Waals surface area contributed by atoms with E-state index in [9.17, 15) is 14.4 Å². The zero-order valence-electron chi connectivity index (χ0n) is 16.8. The highest BCUT2D eigenvalue weighted by atomic mass is 16.6. The van der Waals surface area contributed by atoms with Crippen molar-refractivity contribution in [2.24, 2.45) is 5.92 Å². The van der Waals surface area contributed by atoms with Gasteiger partial charge in [-0.05, 0) is 46.5 Å². The second-order valence-electron chi connectivity index (χ2n) is 9.14. The Kier molecular flexibility index (Phi) is 5.96. The Hall–Kier alpha value is -1.79. The third kappa shape index (κ3) is 5.14. The van der Waals surface area contributed by atoms with Crippen LogP contribution in [0.3, 0.4) is 0 Å². The quantitative estimate of drug-likeness (QED) is 0.816. The number of ether oxygens (including phenoxy) is 1. The first-order valence-corrected chi connectivity index (χ1v) is 10.3. The summed E-state index contributed by atoms with van der Waals surface area (Å²) in [7, 11) is 0. The molecule has 152 valence electrons. The lowest BCUT2D eigenvalue weighted by Crippen LogP contribution is -2.49. The van der Waals surface area contributed by atoms with Gasteiger partial charge in [0.15, 0.2) is 0 Å². The number of rotatable bonds is 3. The first-order valence-electron chi connectivity index (χ1n) is 10.3. The van der Waals surface area contributed by atoms with Crippen LogP contribution in [0.15, 0.2) is 0 Å². The molecule has 2 heterocycles. The van der Waals surface area contributed by atoms with E-state index in [0.29, 0.717) is 32.1 Å². The summed E-state index contributed by atoms with van der Waals surface area (Å²) in [4.78, 5) is 40.7. The van der Waals surface area contributed by atoms with Crippen molar-refractivity contribution in [1.82, 2.24) is 15.1 Å². The molecular formula is C20H33N3O4. The maximum Gasteiger partial charge on any atom is 0.410 e. The molecule has 1 unspecified atom stereocenters. The molecule has 3 aliphatic rings. The van der Waals surface area contributed by atoms with E-state index in [-0.39, 0.29) is 29.9 Å². The molecule has 7 heteroatoms. The summed E-state index contributed by atoms with van der Waals surface area (Å²) in [5.74, 6) is -0.122. The smallest absolute Gasteiger partial charge is 0.410 e. The largest absolute Gasteiger partial charge is 0.444 e. The van der Waals surface area contributed by atoms with E-state index in [1.165, 1.54) is 12.8 Å². The van der Waals surface area contributed by atoms with Crippen LogP contribution < -0.4 is 5.32 Å². The number of amides is 3. The fourth-order valence-electron chi connectivity index (χ4n) is 4.33. The Morgan fingerprint density at radius 1 is 1.07 bits per heavy atom. The summed E-state index contributed by atoms with van der Waals surface area (Å²) in [6, 6.07) is 0.402. The van der Waals surface area contributed by atoms with Crippen LogP contribution in [0.5, 0.6) is 0 Å². The number of likely N-dealkylation sites (tertiary alicyclic amines) is 2. The zero-order chi connectivity index (χ0) is 19.6. The number of nitrogens with one attached hydrogen (secondary N) is 1. The van der Waals surface area contributed by atoms with Gasteiger partial charge in [0.25, 0.3) is 0 Å². The third-order valence-electron chi connectivity index (χ3n) is 5.79. The normalized spacial score (nSPS) is 25.1. The molecule has 1 saturated carbocycles. The van der Waals surface area contributed by atoms with Crippen LogP contribution in [-0.4, -0.2) is 65.0 Å². The minimum Gasteiger partial charge on any atom is -0.444 e. The molecule has 0 radical (unpaired) electrons. The first kappa shape index (κ1) is 20.0. The second kappa shape index (κ2) is 8.07. The summed E-state index contributed by atoms with van der Waals surface area (Å²) < 4.78 is 5.40. The van der Waals surface area contributed by atoms with Crippen molar-refractivity contribution in [2.45, 2.75) is 83.4 Å². The molecule has 2 saturated heterocycles. The minimum absolute atomic E-state index is 0.0143. The molecule has 0 aromatic carbocycles. The van der Waals surface area contributed by atoms with Crippen molar-refractivity contribution in [3.63, 3.8) is 0 Å². The molecule has 1 atom stereocenters. The predicted octanol–water partition coefficient (Wildman–Crippen LogP) is 2.29. The Balaban J connectivity index is 1.43. The van der Waals surface area contributed by atoms with Gasteiger partial charge in [0.2, 0.25) is 11.8 Å². The van der Waals surface area contributed by atoms with Gasteiger partial charge in [-0.1, -0.05) is 12.8 Å². The highest BCUT2D eigenvalue weighted by molar-refractivity contribution is 5.89. The number of nitrogens with zero attached hydrogens (tertiary/aromatic N) is 2. The summed E-state index contributed by atoms with van der Waals surface area (Å²) >= 11 is 0. The number of hydrogen-bond donors (Lipinski definition) is 1. The van der Waals surface area contributed by atoms with Crippen molar-refractivity contribution >= 4 is 17.9 Å². The summed E-state index contributed by atoms with van der Waals surface area (Å²) in [5, 5.41) is 3.10. The summed E-state index contributed by atoms with van der Waals surface area (Å²) in [6.07, 6.45) is 5.99. The Morgan fingerprint density at radius 2 is 1.70 bits per heavy atom. The molecule has 0 bridgehead atoms. The van der Waals surface area contributed by atoms with Gasteiger partial charge in [0.1, 0.15) is 5.60 Å². The molecule has 3 fully saturated rings. The van der Waals surface area contributed by atoms with E-state index in [0.717, 1.165) is 25.7 Å². The molecule has 1 aliphatic carbocycles. The molecule has 3 amide bonds. The second-order valence-corrected chi connectivity index (χ2v) is 9.14. The fourth-order valence-corrected chi connectivity index (χ4v) is 4.33. The van der Waals surface area contributed by atoms with Gasteiger partial charge in [0.05, 0.1) is 5.92 Å². The van der Waals surface area contributed by atoms with Crippen LogP contribution in [0.4, 0.5) is 4.79 Å². The van der Waals surface area contributed by atoms with E-state index in [4.69, 9.17) is 4.74 Å². The average Bonchev–Trinajstić information content (AvgIpc) is 3.23. The lowest BCUT2D eigenvalue weighted by atomic mass is 10.0. The Labute approximate surface area is 161 Å². The van der Waals surface area contributed by atoms with Crippen molar-refractivity contribution in [1.29, 1.82) is 0 Å². The zero-order valence-corrected chi connectivity index (χ0v) is 16.8.